The maximum atomic E-state index is 5.65. The quantitative estimate of drug-likeness (QED) is 0.661. The molecule has 4 heteroatoms. The van der Waals surface area contributed by atoms with Gasteiger partial charge in [-0.05, 0) is 20.8 Å². The summed E-state index contributed by atoms with van der Waals surface area (Å²) >= 11 is 5.65. The first-order chi connectivity index (χ1) is 5.15. The van der Waals surface area contributed by atoms with Gasteiger partial charge in [-0.25, -0.2) is 0 Å². The molecule has 68 valence electrons. The fraction of sp³-hybridized carbons (Fsp3) is 0.500. The zero-order chi connectivity index (χ0) is 8.43. The fourth-order valence-corrected chi connectivity index (χ4v) is 1.14. The van der Waals surface area contributed by atoms with E-state index >= 15 is 0 Å². The van der Waals surface area contributed by atoms with Crippen LogP contribution in [0.4, 0.5) is 0 Å². The van der Waals surface area contributed by atoms with Gasteiger partial charge in [-0.15, -0.1) is 24.0 Å². The number of aromatic nitrogens is 2. The molecule has 1 rings (SSSR count). The molecule has 0 radical (unpaired) electrons. The average molecular weight is 207 g/mol. The summed E-state index contributed by atoms with van der Waals surface area (Å²) in [5, 5.41) is 0. The number of aryl methyl sites for hydroxylation is 3. The summed E-state index contributed by atoms with van der Waals surface area (Å²) in [7, 11) is 0. The summed E-state index contributed by atoms with van der Waals surface area (Å²) in [4.78, 5) is 8.59. The summed E-state index contributed by atoms with van der Waals surface area (Å²) in [6.07, 6.45) is 0. The van der Waals surface area contributed by atoms with E-state index in [2.05, 4.69) is 9.97 Å². The van der Waals surface area contributed by atoms with Crippen molar-refractivity contribution < 1.29 is 0 Å². The number of hydrogen-bond donors (Lipinski definition) is 0. The van der Waals surface area contributed by atoms with Crippen molar-refractivity contribution in [3.05, 3.63) is 22.8 Å². The number of nitrogens with zero attached hydrogens (tertiary/aromatic N) is 2. The Hall–Kier alpha value is -0.340. The molecule has 0 saturated heterocycles. The molecule has 0 unspecified atom stereocenters. The van der Waals surface area contributed by atoms with Crippen molar-refractivity contribution in [1.82, 2.24) is 9.97 Å². The third-order valence-corrected chi connectivity index (χ3v) is 1.96. The van der Waals surface area contributed by atoms with E-state index in [4.69, 9.17) is 11.6 Å². The summed E-state index contributed by atoms with van der Waals surface area (Å²) in [5.74, 6) is 0.444. The smallest absolute Gasteiger partial charge is 0.0766 e. The molecule has 0 spiro atoms. The van der Waals surface area contributed by atoms with Gasteiger partial charge >= 0.3 is 0 Å². The highest BCUT2D eigenvalue weighted by Crippen LogP contribution is 2.08. The van der Waals surface area contributed by atoms with Crippen molar-refractivity contribution in [2.24, 2.45) is 0 Å². The van der Waals surface area contributed by atoms with Gasteiger partial charge in [0.1, 0.15) is 0 Å². The predicted molar refractivity (Wildman–Crippen MR) is 53.0 cm³/mol. The molecule has 1 heterocycles. The van der Waals surface area contributed by atoms with Crippen LogP contribution < -0.4 is 0 Å². The Morgan fingerprint density at radius 2 is 1.50 bits per heavy atom. The van der Waals surface area contributed by atoms with Crippen LogP contribution in [-0.2, 0) is 5.88 Å². The minimum absolute atomic E-state index is 0. The molecule has 1 aromatic heterocycles. The van der Waals surface area contributed by atoms with Gasteiger partial charge in [-0.2, -0.15) is 0 Å². The first-order valence-electron chi connectivity index (χ1n) is 3.52. The van der Waals surface area contributed by atoms with Gasteiger partial charge in [0.05, 0.1) is 28.7 Å². The highest BCUT2D eigenvalue weighted by molar-refractivity contribution is 6.16. The molecule has 12 heavy (non-hydrogen) atoms. The lowest BCUT2D eigenvalue weighted by atomic mass is 10.3. The van der Waals surface area contributed by atoms with Crippen LogP contribution in [0.5, 0.6) is 0 Å². The van der Waals surface area contributed by atoms with Gasteiger partial charge in [-0.3, -0.25) is 9.97 Å². The van der Waals surface area contributed by atoms with Crippen LogP contribution in [0.3, 0.4) is 0 Å². The Bertz CT molecular complexity index is 274. The molecule has 0 aromatic carbocycles. The third-order valence-electron chi connectivity index (χ3n) is 1.71. The van der Waals surface area contributed by atoms with Crippen molar-refractivity contribution in [3.63, 3.8) is 0 Å². The number of halogens is 2. The molecular formula is C8H12Cl2N2. The summed E-state index contributed by atoms with van der Waals surface area (Å²) in [5.41, 5.74) is 3.76. The Labute approximate surface area is 83.8 Å². The van der Waals surface area contributed by atoms with Crippen LogP contribution in [-0.4, -0.2) is 9.97 Å². The molecule has 0 saturated carbocycles. The zero-order valence-corrected chi connectivity index (χ0v) is 8.96. The molecular weight excluding hydrogens is 195 g/mol. The highest BCUT2D eigenvalue weighted by Gasteiger charge is 2.02. The van der Waals surface area contributed by atoms with Crippen LogP contribution in [0.1, 0.15) is 22.8 Å². The molecule has 0 fully saturated rings. The van der Waals surface area contributed by atoms with Crippen LogP contribution in [0.2, 0.25) is 0 Å². The second kappa shape index (κ2) is 4.63. The van der Waals surface area contributed by atoms with E-state index in [-0.39, 0.29) is 12.4 Å². The standard InChI is InChI=1S/C8H11ClN2.ClH/c1-5-6(2)11-8(4-9)7(3)10-5;/h4H2,1-3H3;1H. The van der Waals surface area contributed by atoms with Crippen molar-refractivity contribution >= 4 is 24.0 Å². The van der Waals surface area contributed by atoms with E-state index in [9.17, 15) is 0 Å². The minimum atomic E-state index is 0. The molecule has 1 aromatic rings. The number of hydrogen-bond acceptors (Lipinski definition) is 2. The minimum Gasteiger partial charge on any atom is -0.255 e. The summed E-state index contributed by atoms with van der Waals surface area (Å²) < 4.78 is 0. The molecule has 0 bridgehead atoms. The van der Waals surface area contributed by atoms with E-state index in [1.165, 1.54) is 0 Å². The molecule has 0 aliphatic carbocycles. The number of alkyl halides is 1. The van der Waals surface area contributed by atoms with Crippen molar-refractivity contribution in [1.29, 1.82) is 0 Å². The summed E-state index contributed by atoms with van der Waals surface area (Å²) in [6.45, 7) is 5.82. The molecule has 2 nitrogen and oxygen atoms in total. The first kappa shape index (κ1) is 11.7. The van der Waals surface area contributed by atoms with Crippen molar-refractivity contribution in [3.8, 4) is 0 Å². The van der Waals surface area contributed by atoms with E-state index in [1.54, 1.807) is 0 Å². The van der Waals surface area contributed by atoms with Gasteiger partial charge in [0.15, 0.2) is 0 Å². The first-order valence-corrected chi connectivity index (χ1v) is 4.05. The molecule has 0 aliphatic heterocycles. The van der Waals surface area contributed by atoms with Gasteiger partial charge < -0.3 is 0 Å². The average Bonchev–Trinajstić information content (AvgIpc) is 1.97. The molecule has 0 N–H and O–H groups in total. The van der Waals surface area contributed by atoms with Crippen molar-refractivity contribution in [2.75, 3.05) is 0 Å². The van der Waals surface area contributed by atoms with Crippen molar-refractivity contribution in [2.45, 2.75) is 26.7 Å². The summed E-state index contributed by atoms with van der Waals surface area (Å²) in [6, 6.07) is 0. The van der Waals surface area contributed by atoms with E-state index < -0.39 is 0 Å². The highest BCUT2D eigenvalue weighted by atomic mass is 35.5. The molecule has 0 atom stereocenters. The van der Waals surface area contributed by atoms with Gasteiger partial charge in [0, 0.05) is 0 Å². The molecule has 0 aliphatic rings. The Kier molecular flexibility index (Phi) is 4.50. The lowest BCUT2D eigenvalue weighted by molar-refractivity contribution is 0.948. The van der Waals surface area contributed by atoms with Crippen LogP contribution in [0.25, 0.3) is 0 Å². The fourth-order valence-electron chi connectivity index (χ4n) is 0.888. The normalized spacial score (nSPS) is 9.33. The maximum Gasteiger partial charge on any atom is 0.0766 e. The second-order valence-corrected chi connectivity index (χ2v) is 2.83. The largest absolute Gasteiger partial charge is 0.255 e. The van der Waals surface area contributed by atoms with E-state index in [0.29, 0.717) is 5.88 Å². The second-order valence-electron chi connectivity index (χ2n) is 2.56. The SMILES string of the molecule is Cc1nc(C)c(CCl)nc1C.Cl. The predicted octanol–water partition coefficient (Wildman–Crippen LogP) is 2.56. The lowest BCUT2D eigenvalue weighted by Gasteiger charge is -2.03. The lowest BCUT2D eigenvalue weighted by Crippen LogP contribution is -2.00. The van der Waals surface area contributed by atoms with Crippen LogP contribution >= 0.6 is 24.0 Å². The Balaban J connectivity index is 0.00000121. The maximum absolute atomic E-state index is 5.65. The zero-order valence-electron chi connectivity index (χ0n) is 7.39. The monoisotopic (exact) mass is 206 g/mol. The van der Waals surface area contributed by atoms with Gasteiger partial charge in [-0.1, -0.05) is 0 Å². The van der Waals surface area contributed by atoms with E-state index in [0.717, 1.165) is 22.8 Å². The van der Waals surface area contributed by atoms with E-state index in [1.807, 2.05) is 20.8 Å². The molecule has 0 amide bonds. The third kappa shape index (κ3) is 2.32. The van der Waals surface area contributed by atoms with Crippen LogP contribution in [0, 0.1) is 20.8 Å². The topological polar surface area (TPSA) is 25.8 Å². The number of rotatable bonds is 1. The van der Waals surface area contributed by atoms with Crippen LogP contribution in [0.15, 0.2) is 0 Å². The van der Waals surface area contributed by atoms with Gasteiger partial charge in [0.2, 0.25) is 0 Å². The Morgan fingerprint density at radius 3 is 2.00 bits per heavy atom. The van der Waals surface area contributed by atoms with Gasteiger partial charge in [0.25, 0.3) is 0 Å². The Morgan fingerprint density at radius 1 is 1.00 bits per heavy atom.